The summed E-state index contributed by atoms with van der Waals surface area (Å²) in [5.74, 6) is -0.117. The number of aryl methyl sites for hydroxylation is 1. The smallest absolute Gasteiger partial charge is 0.407 e. The van der Waals surface area contributed by atoms with Crippen molar-refractivity contribution in [1.29, 1.82) is 0 Å². The Bertz CT molecular complexity index is 406. The molecule has 19 heavy (non-hydrogen) atoms. The summed E-state index contributed by atoms with van der Waals surface area (Å²) in [4.78, 5) is 11.5. The molecule has 1 rings (SSSR count). The molecule has 0 spiro atoms. The van der Waals surface area contributed by atoms with Crippen LogP contribution < -0.4 is 5.32 Å². The number of ether oxygens (including phenoxy) is 1. The molecule has 0 heterocycles. The molecule has 0 bridgehead atoms. The molecular formula is C15H23NO3. The summed E-state index contributed by atoms with van der Waals surface area (Å²) in [7, 11) is 0. The van der Waals surface area contributed by atoms with Crippen LogP contribution in [0.3, 0.4) is 0 Å². The van der Waals surface area contributed by atoms with E-state index in [-0.39, 0.29) is 12.5 Å². The second-order valence-electron chi connectivity index (χ2n) is 5.67. The molecule has 4 nitrogen and oxygen atoms in total. The number of benzene rings is 1. The standard InChI is InChI=1S/C15H23NO3/c1-11-5-7-12(8-6-11)13(10-17)9-16-14(18)19-15(2,3)4/h5-8,13,17H,9-10H2,1-4H3,(H,16,18). The van der Waals surface area contributed by atoms with Crippen LogP contribution in [-0.4, -0.2) is 30.0 Å². The summed E-state index contributed by atoms with van der Waals surface area (Å²) >= 11 is 0. The number of aliphatic hydroxyl groups is 1. The molecule has 1 unspecified atom stereocenters. The maximum Gasteiger partial charge on any atom is 0.407 e. The van der Waals surface area contributed by atoms with Gasteiger partial charge in [-0.3, -0.25) is 0 Å². The zero-order valence-electron chi connectivity index (χ0n) is 12.1. The third kappa shape index (κ3) is 5.75. The highest BCUT2D eigenvalue weighted by molar-refractivity contribution is 5.67. The lowest BCUT2D eigenvalue weighted by Gasteiger charge is -2.21. The Morgan fingerprint density at radius 3 is 2.37 bits per heavy atom. The lowest BCUT2D eigenvalue weighted by molar-refractivity contribution is 0.0521. The summed E-state index contributed by atoms with van der Waals surface area (Å²) in [5.41, 5.74) is 1.66. The number of rotatable bonds is 4. The first-order valence-corrected chi connectivity index (χ1v) is 6.46. The van der Waals surface area contributed by atoms with Crippen molar-refractivity contribution in [3.8, 4) is 0 Å². The second kappa shape index (κ2) is 6.57. The zero-order chi connectivity index (χ0) is 14.5. The largest absolute Gasteiger partial charge is 0.444 e. The summed E-state index contributed by atoms with van der Waals surface area (Å²) in [6.45, 7) is 7.80. The number of hydrogen-bond acceptors (Lipinski definition) is 3. The average molecular weight is 265 g/mol. The van der Waals surface area contributed by atoms with E-state index in [1.165, 1.54) is 5.56 Å². The number of carbonyl (C=O) groups excluding carboxylic acids is 1. The van der Waals surface area contributed by atoms with Gasteiger partial charge in [-0.15, -0.1) is 0 Å². The Morgan fingerprint density at radius 1 is 1.32 bits per heavy atom. The first kappa shape index (κ1) is 15.5. The van der Waals surface area contributed by atoms with Gasteiger partial charge in [0.25, 0.3) is 0 Å². The van der Waals surface area contributed by atoms with Gasteiger partial charge in [-0.2, -0.15) is 0 Å². The Balaban J connectivity index is 2.54. The molecule has 0 radical (unpaired) electrons. The zero-order valence-corrected chi connectivity index (χ0v) is 12.1. The number of aliphatic hydroxyl groups excluding tert-OH is 1. The predicted octanol–water partition coefficient (Wildman–Crippen LogP) is 2.60. The maximum absolute atomic E-state index is 11.5. The van der Waals surface area contributed by atoms with Gasteiger partial charge in [0.1, 0.15) is 5.60 Å². The minimum absolute atomic E-state index is 0.0150. The van der Waals surface area contributed by atoms with E-state index in [9.17, 15) is 9.90 Å². The quantitative estimate of drug-likeness (QED) is 0.879. The molecule has 0 aromatic heterocycles. The molecule has 106 valence electrons. The molecule has 0 aliphatic heterocycles. The molecule has 1 aromatic rings. The number of nitrogens with one attached hydrogen (secondary N) is 1. The van der Waals surface area contributed by atoms with E-state index in [0.29, 0.717) is 6.54 Å². The van der Waals surface area contributed by atoms with Crippen LogP contribution in [0.1, 0.15) is 37.8 Å². The average Bonchev–Trinajstić information content (AvgIpc) is 2.29. The van der Waals surface area contributed by atoms with E-state index in [1.54, 1.807) is 0 Å². The highest BCUT2D eigenvalue weighted by atomic mass is 16.6. The third-order valence-electron chi connectivity index (χ3n) is 2.66. The molecule has 0 fully saturated rings. The van der Waals surface area contributed by atoms with E-state index in [2.05, 4.69) is 5.32 Å². The maximum atomic E-state index is 11.5. The van der Waals surface area contributed by atoms with Crippen LogP contribution in [0.4, 0.5) is 4.79 Å². The van der Waals surface area contributed by atoms with E-state index in [1.807, 2.05) is 52.0 Å². The van der Waals surface area contributed by atoms with Crippen molar-refractivity contribution in [3.05, 3.63) is 35.4 Å². The molecule has 4 heteroatoms. The molecule has 0 saturated heterocycles. The van der Waals surface area contributed by atoms with E-state index < -0.39 is 11.7 Å². The second-order valence-corrected chi connectivity index (χ2v) is 5.67. The van der Waals surface area contributed by atoms with Gasteiger partial charge in [-0.1, -0.05) is 29.8 Å². The third-order valence-corrected chi connectivity index (χ3v) is 2.66. The van der Waals surface area contributed by atoms with Crippen molar-refractivity contribution < 1.29 is 14.6 Å². The first-order valence-electron chi connectivity index (χ1n) is 6.46. The van der Waals surface area contributed by atoms with Crippen molar-refractivity contribution >= 4 is 6.09 Å². The van der Waals surface area contributed by atoms with Crippen LogP contribution in [0.5, 0.6) is 0 Å². The fourth-order valence-electron chi connectivity index (χ4n) is 1.65. The SMILES string of the molecule is Cc1ccc(C(CO)CNC(=O)OC(C)(C)C)cc1. The highest BCUT2D eigenvalue weighted by Crippen LogP contribution is 2.15. The number of alkyl carbamates (subject to hydrolysis) is 1. The van der Waals surface area contributed by atoms with Gasteiger partial charge in [0.05, 0.1) is 6.61 Å². The predicted molar refractivity (Wildman–Crippen MR) is 75.2 cm³/mol. The molecule has 0 saturated carbocycles. The Labute approximate surface area is 114 Å². The van der Waals surface area contributed by atoms with Crippen molar-refractivity contribution in [2.45, 2.75) is 39.2 Å². The molecule has 1 atom stereocenters. The lowest BCUT2D eigenvalue weighted by Crippen LogP contribution is -2.35. The van der Waals surface area contributed by atoms with Crippen LogP contribution in [0.15, 0.2) is 24.3 Å². The topological polar surface area (TPSA) is 58.6 Å². The number of carbonyl (C=O) groups is 1. The van der Waals surface area contributed by atoms with Gasteiger partial charge in [-0.25, -0.2) is 4.79 Å². The molecule has 1 aromatic carbocycles. The summed E-state index contributed by atoms with van der Waals surface area (Å²) < 4.78 is 5.16. The Morgan fingerprint density at radius 2 is 1.89 bits per heavy atom. The van der Waals surface area contributed by atoms with E-state index in [0.717, 1.165) is 5.56 Å². The van der Waals surface area contributed by atoms with Crippen LogP contribution in [-0.2, 0) is 4.74 Å². The fourth-order valence-corrected chi connectivity index (χ4v) is 1.65. The van der Waals surface area contributed by atoms with Crippen molar-refractivity contribution in [3.63, 3.8) is 0 Å². The molecule has 0 aliphatic rings. The minimum atomic E-state index is -0.511. The number of hydrogen-bond donors (Lipinski definition) is 2. The summed E-state index contributed by atoms with van der Waals surface area (Å²) in [6.07, 6.45) is -0.460. The van der Waals surface area contributed by atoms with Gasteiger partial charge in [-0.05, 0) is 33.3 Å². The van der Waals surface area contributed by atoms with Gasteiger partial charge in [0, 0.05) is 12.5 Å². The van der Waals surface area contributed by atoms with Crippen LogP contribution in [0.2, 0.25) is 0 Å². The monoisotopic (exact) mass is 265 g/mol. The highest BCUT2D eigenvalue weighted by Gasteiger charge is 2.17. The first-order chi connectivity index (χ1) is 8.81. The minimum Gasteiger partial charge on any atom is -0.444 e. The van der Waals surface area contributed by atoms with Crippen LogP contribution in [0.25, 0.3) is 0 Å². The fraction of sp³-hybridized carbons (Fsp3) is 0.533. The van der Waals surface area contributed by atoms with E-state index >= 15 is 0 Å². The van der Waals surface area contributed by atoms with Crippen molar-refractivity contribution in [2.24, 2.45) is 0 Å². The van der Waals surface area contributed by atoms with Crippen LogP contribution >= 0.6 is 0 Å². The van der Waals surface area contributed by atoms with Gasteiger partial charge >= 0.3 is 6.09 Å². The molecular weight excluding hydrogens is 242 g/mol. The number of amides is 1. The Kier molecular flexibility index (Phi) is 5.36. The van der Waals surface area contributed by atoms with Crippen molar-refractivity contribution in [2.75, 3.05) is 13.2 Å². The van der Waals surface area contributed by atoms with Gasteiger partial charge in [0.15, 0.2) is 0 Å². The summed E-state index contributed by atoms with van der Waals surface area (Å²) in [5, 5.41) is 12.1. The Hall–Kier alpha value is -1.55. The lowest BCUT2D eigenvalue weighted by atomic mass is 9.99. The molecule has 1 amide bonds. The molecule has 2 N–H and O–H groups in total. The summed E-state index contributed by atoms with van der Waals surface area (Å²) in [6, 6.07) is 7.91. The van der Waals surface area contributed by atoms with Crippen LogP contribution in [0, 0.1) is 6.92 Å². The van der Waals surface area contributed by atoms with Gasteiger partial charge < -0.3 is 15.2 Å². The molecule has 0 aliphatic carbocycles. The van der Waals surface area contributed by atoms with E-state index in [4.69, 9.17) is 4.74 Å². The van der Waals surface area contributed by atoms with Gasteiger partial charge in [0.2, 0.25) is 0 Å². The normalized spacial score (nSPS) is 12.9. The van der Waals surface area contributed by atoms with Crippen molar-refractivity contribution in [1.82, 2.24) is 5.32 Å².